The quantitative estimate of drug-likeness (QED) is 0.628. The zero-order valence-electron chi connectivity index (χ0n) is 10.7. The van der Waals surface area contributed by atoms with E-state index in [1.54, 1.807) is 24.3 Å². The van der Waals surface area contributed by atoms with Crippen LogP contribution in [0.4, 0.5) is 0 Å². The fourth-order valence-electron chi connectivity index (χ4n) is 1.21. The molecule has 2 aromatic carbocycles. The average molecular weight is 304 g/mol. The van der Waals surface area contributed by atoms with Crippen molar-refractivity contribution in [2.45, 2.75) is 9.79 Å². The second-order valence-corrected chi connectivity index (χ2v) is 4.32. The molecule has 0 amide bonds. The first-order valence-corrected chi connectivity index (χ1v) is 6.22. The van der Waals surface area contributed by atoms with Crippen molar-refractivity contribution in [2.75, 3.05) is 0 Å². The number of aromatic hydroxyl groups is 2. The van der Waals surface area contributed by atoms with Crippen LogP contribution in [-0.2, 0) is 0 Å². The highest BCUT2D eigenvalue weighted by Crippen LogP contribution is 2.37. The monoisotopic (exact) mass is 304 g/mol. The fraction of sp³-hybridized carbons (Fsp3) is 0. The van der Waals surface area contributed by atoms with E-state index in [1.165, 1.54) is 11.8 Å². The van der Waals surface area contributed by atoms with Crippen molar-refractivity contribution in [1.82, 2.24) is 0 Å². The first kappa shape index (κ1) is 18.0. The number of phenols is 2. The van der Waals surface area contributed by atoms with Crippen LogP contribution in [0.5, 0.6) is 11.5 Å². The lowest BCUT2D eigenvalue weighted by atomic mass is 10.3. The summed E-state index contributed by atoms with van der Waals surface area (Å²) in [6, 6.07) is 14.1. The Bertz CT molecular complexity index is 580. The highest BCUT2D eigenvalue weighted by Gasteiger charge is 2.05. The zero-order valence-corrected chi connectivity index (χ0v) is 11.5. The molecular formula is C14H12N2O4S. The highest BCUT2D eigenvalue weighted by atomic mass is 32.2. The second-order valence-electron chi connectivity index (χ2n) is 3.24. The van der Waals surface area contributed by atoms with Gasteiger partial charge in [0.1, 0.15) is 11.5 Å². The molecule has 0 aliphatic rings. The minimum atomic E-state index is 0.228. The van der Waals surface area contributed by atoms with E-state index in [0.717, 1.165) is 22.3 Å². The first-order chi connectivity index (χ1) is 10.1. The molecule has 0 spiro atoms. The number of phenolic OH excluding ortho intramolecular Hbond substituents is 2. The lowest BCUT2D eigenvalue weighted by Crippen LogP contribution is -1.75. The SMILES string of the molecule is N#CO.N#CO.Oc1ccccc1Sc1ccccc1O. The molecule has 0 radical (unpaired) electrons. The lowest BCUT2D eigenvalue weighted by molar-refractivity contribution is 0.460. The molecule has 6 nitrogen and oxygen atoms in total. The van der Waals surface area contributed by atoms with Crippen LogP contribution in [0.15, 0.2) is 58.3 Å². The van der Waals surface area contributed by atoms with Gasteiger partial charge in [-0.2, -0.15) is 10.5 Å². The van der Waals surface area contributed by atoms with Crippen molar-refractivity contribution >= 4 is 11.8 Å². The van der Waals surface area contributed by atoms with Crippen molar-refractivity contribution in [3.63, 3.8) is 0 Å². The van der Waals surface area contributed by atoms with Crippen LogP contribution in [0.25, 0.3) is 0 Å². The third-order valence-electron chi connectivity index (χ3n) is 1.95. The van der Waals surface area contributed by atoms with E-state index in [2.05, 4.69) is 0 Å². The van der Waals surface area contributed by atoms with E-state index in [-0.39, 0.29) is 11.5 Å². The van der Waals surface area contributed by atoms with Gasteiger partial charge in [0.05, 0.1) is 9.79 Å². The summed E-state index contributed by atoms with van der Waals surface area (Å²) in [5, 5.41) is 46.6. The Hall–Kier alpha value is -3.03. The molecule has 0 aliphatic heterocycles. The molecule has 0 saturated carbocycles. The Labute approximate surface area is 125 Å². The maximum Gasteiger partial charge on any atom is 0.283 e. The van der Waals surface area contributed by atoms with Gasteiger partial charge in [0, 0.05) is 0 Å². The molecule has 4 N–H and O–H groups in total. The molecule has 0 heterocycles. The van der Waals surface area contributed by atoms with Crippen LogP contribution < -0.4 is 0 Å². The van der Waals surface area contributed by atoms with Gasteiger partial charge in [-0.15, -0.1) is 0 Å². The molecule has 0 bridgehead atoms. The van der Waals surface area contributed by atoms with Gasteiger partial charge in [0.25, 0.3) is 12.5 Å². The highest BCUT2D eigenvalue weighted by molar-refractivity contribution is 7.99. The topological polar surface area (TPSA) is 128 Å². The molecule has 21 heavy (non-hydrogen) atoms. The predicted molar refractivity (Wildman–Crippen MR) is 75.4 cm³/mol. The van der Waals surface area contributed by atoms with Crippen LogP contribution in [0.2, 0.25) is 0 Å². The number of benzene rings is 2. The van der Waals surface area contributed by atoms with E-state index in [1.807, 2.05) is 24.3 Å². The summed E-state index contributed by atoms with van der Waals surface area (Å²) in [6.07, 6.45) is 1.50. The van der Waals surface area contributed by atoms with Gasteiger partial charge in [0.15, 0.2) is 0 Å². The van der Waals surface area contributed by atoms with Gasteiger partial charge in [0.2, 0.25) is 0 Å². The fourth-order valence-corrected chi connectivity index (χ4v) is 2.08. The molecule has 0 unspecified atom stereocenters. The molecule has 0 atom stereocenters. The van der Waals surface area contributed by atoms with E-state index in [4.69, 9.17) is 20.7 Å². The maximum atomic E-state index is 9.56. The van der Waals surface area contributed by atoms with Gasteiger partial charge < -0.3 is 20.4 Å². The second kappa shape index (κ2) is 10.9. The summed E-state index contributed by atoms with van der Waals surface area (Å²) in [4.78, 5) is 1.47. The van der Waals surface area contributed by atoms with Gasteiger partial charge in [-0.25, -0.2) is 0 Å². The van der Waals surface area contributed by atoms with Crippen molar-refractivity contribution in [3.8, 4) is 24.0 Å². The predicted octanol–water partition coefficient (Wildman–Crippen LogP) is 2.93. The normalized spacial score (nSPS) is 7.90. The van der Waals surface area contributed by atoms with Crippen molar-refractivity contribution in [2.24, 2.45) is 0 Å². The summed E-state index contributed by atoms with van der Waals surface area (Å²) in [6.45, 7) is 0. The maximum absolute atomic E-state index is 9.56. The molecule has 2 aromatic rings. The molecule has 0 aromatic heterocycles. The molecule has 0 aliphatic carbocycles. The summed E-state index contributed by atoms with van der Waals surface area (Å²) in [7, 11) is 0. The largest absolute Gasteiger partial charge is 0.507 e. The first-order valence-electron chi connectivity index (χ1n) is 5.40. The van der Waals surface area contributed by atoms with E-state index >= 15 is 0 Å². The summed E-state index contributed by atoms with van der Waals surface area (Å²) in [5.74, 6) is 0.455. The van der Waals surface area contributed by atoms with Gasteiger partial charge in [-0.05, 0) is 24.3 Å². The molecule has 0 saturated heterocycles. The zero-order chi connectivity index (χ0) is 16.1. The van der Waals surface area contributed by atoms with Crippen molar-refractivity contribution < 1.29 is 20.4 Å². The number of nitrogens with zero attached hydrogens (tertiary/aromatic N) is 2. The Balaban J connectivity index is 0.000000578. The van der Waals surface area contributed by atoms with Gasteiger partial charge >= 0.3 is 0 Å². The number of aliphatic hydroxyl groups excluding tert-OH is 2. The lowest BCUT2D eigenvalue weighted by Gasteiger charge is -2.05. The Morgan fingerprint density at radius 2 is 1.00 bits per heavy atom. The van der Waals surface area contributed by atoms with Gasteiger partial charge in [-0.1, -0.05) is 36.0 Å². The van der Waals surface area contributed by atoms with E-state index in [0.29, 0.717) is 0 Å². The van der Waals surface area contributed by atoms with Gasteiger partial charge in [-0.3, -0.25) is 0 Å². The molecule has 0 fully saturated rings. The number of hydrogen-bond donors (Lipinski definition) is 4. The number of hydrogen-bond acceptors (Lipinski definition) is 7. The third-order valence-corrected chi connectivity index (χ3v) is 3.08. The summed E-state index contributed by atoms with van der Waals surface area (Å²) in [5.41, 5.74) is 0. The third kappa shape index (κ3) is 7.21. The number of rotatable bonds is 2. The summed E-state index contributed by atoms with van der Waals surface area (Å²) >= 11 is 1.34. The number of nitriles is 2. The molecule has 108 valence electrons. The Morgan fingerprint density at radius 3 is 1.29 bits per heavy atom. The standard InChI is InChI=1S/C12H10O2S.2CHNO/c13-9-5-1-3-7-11(9)15-12-8-4-2-6-10(12)14;2*2-1-3/h1-8,13-14H;2*3H. The van der Waals surface area contributed by atoms with Crippen molar-refractivity contribution in [3.05, 3.63) is 48.5 Å². The molecular weight excluding hydrogens is 292 g/mol. The van der Waals surface area contributed by atoms with Crippen LogP contribution in [-0.4, -0.2) is 20.4 Å². The minimum absolute atomic E-state index is 0.228. The van der Waals surface area contributed by atoms with E-state index < -0.39 is 0 Å². The van der Waals surface area contributed by atoms with Crippen LogP contribution in [0, 0.1) is 23.0 Å². The number of para-hydroxylation sites is 2. The number of aliphatic hydroxyl groups is 2. The van der Waals surface area contributed by atoms with Crippen LogP contribution in [0.1, 0.15) is 0 Å². The molecule has 7 heteroatoms. The summed E-state index contributed by atoms with van der Waals surface area (Å²) < 4.78 is 0. The minimum Gasteiger partial charge on any atom is -0.507 e. The smallest absolute Gasteiger partial charge is 0.283 e. The molecule has 2 rings (SSSR count). The van der Waals surface area contributed by atoms with Crippen LogP contribution in [0.3, 0.4) is 0 Å². The van der Waals surface area contributed by atoms with Crippen LogP contribution >= 0.6 is 11.8 Å². The Kier molecular flexibility index (Phi) is 9.29. The average Bonchev–Trinajstić information content (AvgIpc) is 2.45. The Morgan fingerprint density at radius 1 is 0.714 bits per heavy atom. The van der Waals surface area contributed by atoms with E-state index in [9.17, 15) is 10.2 Å². The van der Waals surface area contributed by atoms with Crippen molar-refractivity contribution in [1.29, 1.82) is 10.5 Å².